The van der Waals surface area contributed by atoms with Gasteiger partial charge < -0.3 is 19.1 Å². The van der Waals surface area contributed by atoms with Crippen molar-refractivity contribution < 1.29 is 29.3 Å². The molecule has 0 N–H and O–H groups in total. The van der Waals surface area contributed by atoms with Crippen LogP contribution in [-0.4, -0.2) is 48.8 Å². The highest BCUT2D eigenvalue weighted by Crippen LogP contribution is 2.32. The van der Waals surface area contributed by atoms with E-state index in [0.717, 1.165) is 0 Å². The lowest BCUT2D eigenvalue weighted by Gasteiger charge is -2.30. The van der Waals surface area contributed by atoms with Crippen LogP contribution in [0.3, 0.4) is 0 Å². The SMILES string of the molecule is O=[N+]([O-])OC1CCOCC2C(O[N+](=O)[O-])CCOCC12. The summed E-state index contributed by atoms with van der Waals surface area (Å²) < 4.78 is 10.8. The summed E-state index contributed by atoms with van der Waals surface area (Å²) in [5.74, 6) is -0.731. The molecule has 0 aromatic heterocycles. The van der Waals surface area contributed by atoms with Crippen molar-refractivity contribution in [1.82, 2.24) is 0 Å². The second-order valence-electron chi connectivity index (χ2n) is 4.79. The van der Waals surface area contributed by atoms with Gasteiger partial charge in [0.1, 0.15) is 12.2 Å². The first kappa shape index (κ1) is 14.7. The second kappa shape index (κ2) is 6.66. The van der Waals surface area contributed by atoms with Gasteiger partial charge in [0.15, 0.2) is 0 Å². The van der Waals surface area contributed by atoms with Crippen LogP contribution in [0.5, 0.6) is 0 Å². The van der Waals surface area contributed by atoms with Crippen LogP contribution in [0.2, 0.25) is 0 Å². The van der Waals surface area contributed by atoms with Gasteiger partial charge in [-0.15, -0.1) is 20.2 Å². The Hall–Kier alpha value is -1.68. The molecule has 2 saturated heterocycles. The average Bonchev–Trinajstić information content (AvgIpc) is 2.65. The largest absolute Gasteiger partial charge is 0.381 e. The molecule has 20 heavy (non-hydrogen) atoms. The molecule has 0 aromatic carbocycles. The van der Waals surface area contributed by atoms with Crippen molar-refractivity contribution in [2.45, 2.75) is 25.0 Å². The quantitative estimate of drug-likeness (QED) is 0.532. The van der Waals surface area contributed by atoms with Crippen LogP contribution in [-0.2, 0) is 19.1 Å². The molecule has 114 valence electrons. The number of ether oxygens (including phenoxy) is 2. The third-order valence-electron chi connectivity index (χ3n) is 3.66. The van der Waals surface area contributed by atoms with E-state index < -0.39 is 22.4 Å². The van der Waals surface area contributed by atoms with Gasteiger partial charge in [-0.3, -0.25) is 0 Å². The summed E-state index contributed by atoms with van der Waals surface area (Å²) in [5.41, 5.74) is 0. The van der Waals surface area contributed by atoms with Crippen LogP contribution < -0.4 is 0 Å². The lowest BCUT2D eigenvalue weighted by Crippen LogP contribution is -2.40. The summed E-state index contributed by atoms with van der Waals surface area (Å²) in [7, 11) is 0. The summed E-state index contributed by atoms with van der Waals surface area (Å²) in [5, 5.41) is 19.4. The van der Waals surface area contributed by atoms with Crippen LogP contribution in [0, 0.1) is 32.1 Å². The van der Waals surface area contributed by atoms with Gasteiger partial charge in [0, 0.05) is 25.0 Å². The van der Waals surface area contributed by atoms with Gasteiger partial charge in [0.05, 0.1) is 13.2 Å². The molecular weight excluding hydrogens is 276 g/mol. The fourth-order valence-electron chi connectivity index (χ4n) is 2.76. The number of nitrogens with zero attached hydrogens (tertiary/aromatic N) is 2. The number of hydrogen-bond acceptors (Lipinski definition) is 8. The fraction of sp³-hybridized carbons (Fsp3) is 1.00. The van der Waals surface area contributed by atoms with Crippen molar-refractivity contribution in [2.75, 3.05) is 26.4 Å². The first-order valence-electron chi connectivity index (χ1n) is 6.35. The number of rotatable bonds is 4. The van der Waals surface area contributed by atoms with Crippen molar-refractivity contribution in [3.63, 3.8) is 0 Å². The van der Waals surface area contributed by atoms with E-state index in [4.69, 9.17) is 9.47 Å². The van der Waals surface area contributed by atoms with Crippen molar-refractivity contribution in [3.05, 3.63) is 20.2 Å². The van der Waals surface area contributed by atoms with E-state index in [1.165, 1.54) is 0 Å². The van der Waals surface area contributed by atoms with E-state index in [2.05, 4.69) is 9.68 Å². The zero-order valence-electron chi connectivity index (χ0n) is 10.7. The smallest absolute Gasteiger partial charge is 0.294 e. The Bertz CT molecular complexity index is 331. The van der Waals surface area contributed by atoms with Gasteiger partial charge in [-0.05, 0) is 12.8 Å². The van der Waals surface area contributed by atoms with E-state index in [1.54, 1.807) is 0 Å². The molecule has 0 aliphatic carbocycles. The van der Waals surface area contributed by atoms with E-state index in [1.807, 2.05) is 0 Å². The number of hydrogen-bond donors (Lipinski definition) is 0. The van der Waals surface area contributed by atoms with Gasteiger partial charge >= 0.3 is 0 Å². The lowest BCUT2D eigenvalue weighted by atomic mass is 9.84. The molecule has 0 saturated carbocycles. The van der Waals surface area contributed by atoms with Crippen LogP contribution >= 0.6 is 0 Å². The highest BCUT2D eigenvalue weighted by molar-refractivity contribution is 4.86. The Morgan fingerprint density at radius 1 is 0.850 bits per heavy atom. The molecule has 10 nitrogen and oxygen atoms in total. The molecule has 2 aliphatic heterocycles. The maximum atomic E-state index is 10.6. The molecule has 2 fully saturated rings. The maximum absolute atomic E-state index is 10.6. The third-order valence-corrected chi connectivity index (χ3v) is 3.66. The average molecular weight is 292 g/mol. The Labute approximate surface area is 114 Å². The van der Waals surface area contributed by atoms with Crippen LogP contribution in [0.1, 0.15) is 12.8 Å². The highest BCUT2D eigenvalue weighted by Gasteiger charge is 2.42. The summed E-state index contributed by atoms with van der Waals surface area (Å²) in [6.45, 7) is 1.08. The third kappa shape index (κ3) is 3.67. The molecule has 10 heteroatoms. The Balaban J connectivity index is 2.15. The molecule has 2 aliphatic rings. The van der Waals surface area contributed by atoms with Gasteiger partial charge in [0.25, 0.3) is 10.2 Å². The normalized spacial score (nSPS) is 34.2. The van der Waals surface area contributed by atoms with Crippen LogP contribution in [0.25, 0.3) is 0 Å². The van der Waals surface area contributed by atoms with Crippen molar-refractivity contribution >= 4 is 0 Å². The molecular formula is C10H16N2O8. The molecule has 2 rings (SSSR count). The molecule has 0 radical (unpaired) electrons. The van der Waals surface area contributed by atoms with Crippen LogP contribution in [0.15, 0.2) is 0 Å². The minimum atomic E-state index is -0.846. The minimum Gasteiger partial charge on any atom is -0.381 e. The zero-order chi connectivity index (χ0) is 14.5. The molecule has 4 unspecified atom stereocenters. The zero-order valence-corrected chi connectivity index (χ0v) is 10.7. The predicted molar refractivity (Wildman–Crippen MR) is 61.6 cm³/mol. The van der Waals surface area contributed by atoms with E-state index in [-0.39, 0.29) is 25.0 Å². The molecule has 2 heterocycles. The Kier molecular flexibility index (Phi) is 4.90. The Morgan fingerprint density at radius 2 is 1.25 bits per heavy atom. The molecule has 0 aromatic rings. The van der Waals surface area contributed by atoms with Crippen molar-refractivity contribution in [1.29, 1.82) is 0 Å². The standard InChI is InChI=1S/C10H16N2O8/c13-11(14)19-9-1-3-17-6-8-7(9)5-18-4-2-10(8)20-12(15)16/h7-10H,1-6H2. The molecule has 4 atom stereocenters. The molecule has 0 spiro atoms. The Morgan fingerprint density at radius 3 is 1.60 bits per heavy atom. The highest BCUT2D eigenvalue weighted by atomic mass is 17.0. The lowest BCUT2D eigenvalue weighted by molar-refractivity contribution is -0.775. The minimum absolute atomic E-state index is 0.240. The maximum Gasteiger partial charge on any atom is 0.294 e. The van der Waals surface area contributed by atoms with Gasteiger partial charge in [-0.1, -0.05) is 0 Å². The monoisotopic (exact) mass is 292 g/mol. The first-order valence-corrected chi connectivity index (χ1v) is 6.35. The van der Waals surface area contributed by atoms with Gasteiger partial charge in [-0.25, -0.2) is 0 Å². The van der Waals surface area contributed by atoms with Crippen molar-refractivity contribution in [2.24, 2.45) is 11.8 Å². The van der Waals surface area contributed by atoms with E-state index in [9.17, 15) is 20.2 Å². The predicted octanol–water partition coefficient (Wildman–Crippen LogP) is 0.213. The van der Waals surface area contributed by atoms with E-state index in [0.29, 0.717) is 26.1 Å². The summed E-state index contributed by atoms with van der Waals surface area (Å²) in [6.07, 6.45) is -0.713. The molecule has 0 bridgehead atoms. The first-order chi connectivity index (χ1) is 9.58. The van der Waals surface area contributed by atoms with Crippen LogP contribution in [0.4, 0.5) is 0 Å². The summed E-state index contributed by atoms with van der Waals surface area (Å²) >= 11 is 0. The fourth-order valence-corrected chi connectivity index (χ4v) is 2.76. The second-order valence-corrected chi connectivity index (χ2v) is 4.79. The molecule has 0 amide bonds. The van der Waals surface area contributed by atoms with E-state index >= 15 is 0 Å². The summed E-state index contributed by atoms with van der Waals surface area (Å²) in [6, 6.07) is 0. The topological polar surface area (TPSA) is 123 Å². The summed E-state index contributed by atoms with van der Waals surface area (Å²) in [4.78, 5) is 30.5. The van der Waals surface area contributed by atoms with Gasteiger partial charge in [0.2, 0.25) is 0 Å². The number of fused-ring (bicyclic) bond motifs is 1. The van der Waals surface area contributed by atoms with Gasteiger partial charge in [-0.2, -0.15) is 0 Å². The van der Waals surface area contributed by atoms with Crippen molar-refractivity contribution in [3.8, 4) is 0 Å².